The van der Waals surface area contributed by atoms with E-state index >= 15 is 0 Å². The van der Waals surface area contributed by atoms with Crippen molar-refractivity contribution >= 4 is 23.2 Å². The lowest BCUT2D eigenvalue weighted by Gasteiger charge is -2.14. The van der Waals surface area contributed by atoms with Gasteiger partial charge in [-0.3, -0.25) is 4.79 Å². The number of aromatic hydroxyl groups is 1. The van der Waals surface area contributed by atoms with Crippen LogP contribution in [0.2, 0.25) is 5.02 Å². The van der Waals surface area contributed by atoms with Crippen LogP contribution in [-0.4, -0.2) is 17.1 Å². The number of aryl methyl sites for hydroxylation is 1. The standard InChI is InChI=1S/C18H17ClF3N3O2/c1-9-5-16(26)12(7-13(9)19)14-8-15(25-24-14)17(27)23-11-4-2-3-10(6-11)18(20,21)22/h2-7,14-15,24-26H,8H2,1H3,(H,23,27). The number of rotatable bonds is 3. The molecule has 5 nitrogen and oxygen atoms in total. The van der Waals surface area contributed by atoms with E-state index in [1.165, 1.54) is 18.2 Å². The molecule has 0 bridgehead atoms. The average Bonchev–Trinajstić information content (AvgIpc) is 3.07. The topological polar surface area (TPSA) is 73.4 Å². The van der Waals surface area contributed by atoms with E-state index in [1.807, 2.05) is 0 Å². The van der Waals surface area contributed by atoms with Gasteiger partial charge in [-0.2, -0.15) is 13.2 Å². The smallest absolute Gasteiger partial charge is 0.416 e. The van der Waals surface area contributed by atoms with Crippen LogP contribution in [0.5, 0.6) is 5.75 Å². The van der Waals surface area contributed by atoms with Gasteiger partial charge in [0.1, 0.15) is 11.8 Å². The fourth-order valence-electron chi connectivity index (χ4n) is 2.90. The molecule has 2 atom stereocenters. The Bertz CT molecular complexity index is 873. The first-order valence-corrected chi connectivity index (χ1v) is 8.51. The first-order valence-electron chi connectivity index (χ1n) is 8.13. The number of nitrogens with one attached hydrogen (secondary N) is 3. The van der Waals surface area contributed by atoms with Crippen molar-refractivity contribution in [2.45, 2.75) is 31.6 Å². The maximum absolute atomic E-state index is 12.8. The number of phenolic OH excluding ortho intramolecular Hbond substituents is 1. The quantitative estimate of drug-likeness (QED) is 0.631. The maximum atomic E-state index is 12.8. The molecule has 0 spiro atoms. The molecular formula is C18H17ClF3N3O2. The van der Waals surface area contributed by atoms with Gasteiger partial charge in [-0.25, -0.2) is 10.9 Å². The second kappa shape index (κ2) is 7.38. The zero-order valence-corrected chi connectivity index (χ0v) is 14.9. The molecule has 2 aromatic carbocycles. The highest BCUT2D eigenvalue weighted by Crippen LogP contribution is 2.34. The minimum Gasteiger partial charge on any atom is -0.508 e. The molecule has 1 aliphatic rings. The Morgan fingerprint density at radius 1 is 1.26 bits per heavy atom. The van der Waals surface area contributed by atoms with Crippen molar-refractivity contribution in [3.8, 4) is 5.75 Å². The van der Waals surface area contributed by atoms with Gasteiger partial charge in [-0.05, 0) is 49.2 Å². The largest absolute Gasteiger partial charge is 0.508 e. The summed E-state index contributed by atoms with van der Waals surface area (Å²) < 4.78 is 38.3. The van der Waals surface area contributed by atoms with Gasteiger partial charge in [0, 0.05) is 16.3 Å². The van der Waals surface area contributed by atoms with Crippen molar-refractivity contribution in [3.05, 3.63) is 58.1 Å². The summed E-state index contributed by atoms with van der Waals surface area (Å²) in [5.74, 6) is -0.433. The van der Waals surface area contributed by atoms with E-state index in [2.05, 4.69) is 16.2 Å². The molecule has 0 saturated carbocycles. The van der Waals surface area contributed by atoms with E-state index in [0.29, 0.717) is 10.6 Å². The van der Waals surface area contributed by atoms with Gasteiger partial charge in [0.2, 0.25) is 5.91 Å². The second-order valence-corrected chi connectivity index (χ2v) is 6.76. The number of alkyl halides is 3. The fraction of sp³-hybridized carbons (Fsp3) is 0.278. The van der Waals surface area contributed by atoms with Gasteiger partial charge < -0.3 is 10.4 Å². The lowest BCUT2D eigenvalue weighted by molar-refractivity contribution is -0.137. The molecule has 27 heavy (non-hydrogen) atoms. The third-order valence-electron chi connectivity index (χ3n) is 4.36. The second-order valence-electron chi connectivity index (χ2n) is 6.36. The van der Waals surface area contributed by atoms with Gasteiger partial charge in [-0.1, -0.05) is 17.7 Å². The third kappa shape index (κ3) is 4.35. The van der Waals surface area contributed by atoms with Crippen LogP contribution in [-0.2, 0) is 11.0 Å². The van der Waals surface area contributed by atoms with Crippen LogP contribution in [0, 0.1) is 6.92 Å². The van der Waals surface area contributed by atoms with Crippen molar-refractivity contribution in [2.24, 2.45) is 0 Å². The number of benzene rings is 2. The first-order chi connectivity index (χ1) is 12.6. The molecule has 144 valence electrons. The van der Waals surface area contributed by atoms with E-state index in [1.54, 1.807) is 13.0 Å². The zero-order valence-electron chi connectivity index (χ0n) is 14.2. The molecular weight excluding hydrogens is 383 g/mol. The van der Waals surface area contributed by atoms with Gasteiger partial charge in [0.15, 0.2) is 0 Å². The number of anilines is 1. The van der Waals surface area contributed by atoms with Crippen LogP contribution in [0.15, 0.2) is 36.4 Å². The summed E-state index contributed by atoms with van der Waals surface area (Å²) in [7, 11) is 0. The summed E-state index contributed by atoms with van der Waals surface area (Å²) in [4.78, 5) is 12.4. The van der Waals surface area contributed by atoms with E-state index in [9.17, 15) is 23.1 Å². The van der Waals surface area contributed by atoms with Crippen molar-refractivity contribution in [1.82, 2.24) is 10.9 Å². The molecule has 4 N–H and O–H groups in total. The van der Waals surface area contributed by atoms with E-state index in [0.717, 1.165) is 17.7 Å². The summed E-state index contributed by atoms with van der Waals surface area (Å²) >= 11 is 6.09. The van der Waals surface area contributed by atoms with Crippen LogP contribution >= 0.6 is 11.6 Å². The van der Waals surface area contributed by atoms with E-state index in [-0.39, 0.29) is 23.9 Å². The highest BCUT2D eigenvalue weighted by Gasteiger charge is 2.33. The molecule has 1 heterocycles. The number of phenols is 1. The monoisotopic (exact) mass is 399 g/mol. The number of carbonyl (C=O) groups excluding carboxylic acids is 1. The van der Waals surface area contributed by atoms with Crippen LogP contribution in [0.4, 0.5) is 18.9 Å². The van der Waals surface area contributed by atoms with Crippen molar-refractivity contribution in [3.63, 3.8) is 0 Å². The Hall–Kier alpha value is -2.29. The SMILES string of the molecule is Cc1cc(O)c(C2CC(C(=O)Nc3cccc(C(F)(F)F)c3)NN2)cc1Cl. The van der Waals surface area contributed by atoms with Crippen molar-refractivity contribution < 1.29 is 23.1 Å². The Labute approximate surface area is 158 Å². The maximum Gasteiger partial charge on any atom is 0.416 e. The fourth-order valence-corrected chi connectivity index (χ4v) is 3.07. The molecule has 1 fully saturated rings. The molecule has 1 aliphatic heterocycles. The summed E-state index contributed by atoms with van der Waals surface area (Å²) in [6.45, 7) is 1.76. The summed E-state index contributed by atoms with van der Waals surface area (Å²) in [6.07, 6.45) is -4.20. The normalized spacial score (nSPS) is 19.9. The number of hydrazine groups is 1. The van der Waals surface area contributed by atoms with Crippen LogP contribution in [0.1, 0.15) is 29.2 Å². The molecule has 3 rings (SSSR count). The average molecular weight is 400 g/mol. The Balaban J connectivity index is 1.69. The molecule has 2 unspecified atom stereocenters. The summed E-state index contributed by atoms with van der Waals surface area (Å²) in [5.41, 5.74) is 6.17. The molecule has 9 heteroatoms. The minimum absolute atomic E-state index is 0.0511. The first kappa shape index (κ1) is 19.5. The van der Waals surface area contributed by atoms with Gasteiger partial charge in [0.05, 0.1) is 11.6 Å². The Kier molecular flexibility index (Phi) is 5.32. The summed E-state index contributed by atoms with van der Waals surface area (Å²) in [6, 6.07) is 6.53. The molecule has 1 saturated heterocycles. The molecule has 0 radical (unpaired) electrons. The Morgan fingerprint density at radius 3 is 2.70 bits per heavy atom. The Morgan fingerprint density at radius 2 is 2.00 bits per heavy atom. The van der Waals surface area contributed by atoms with E-state index < -0.39 is 23.7 Å². The summed E-state index contributed by atoms with van der Waals surface area (Å²) in [5, 5.41) is 13.1. The van der Waals surface area contributed by atoms with Gasteiger partial charge in [-0.15, -0.1) is 0 Å². The van der Waals surface area contributed by atoms with Crippen molar-refractivity contribution in [2.75, 3.05) is 5.32 Å². The minimum atomic E-state index is -4.48. The molecule has 1 amide bonds. The number of amides is 1. The highest BCUT2D eigenvalue weighted by atomic mass is 35.5. The van der Waals surface area contributed by atoms with Crippen LogP contribution in [0.25, 0.3) is 0 Å². The number of hydrogen-bond acceptors (Lipinski definition) is 4. The molecule has 0 aliphatic carbocycles. The van der Waals surface area contributed by atoms with Crippen LogP contribution < -0.4 is 16.2 Å². The lowest BCUT2D eigenvalue weighted by Crippen LogP contribution is -2.39. The highest BCUT2D eigenvalue weighted by molar-refractivity contribution is 6.31. The van der Waals surface area contributed by atoms with E-state index in [4.69, 9.17) is 11.6 Å². The molecule has 2 aromatic rings. The number of halogens is 4. The number of hydrogen-bond donors (Lipinski definition) is 4. The number of carbonyl (C=O) groups is 1. The predicted octanol–water partition coefficient (Wildman–Crippen LogP) is 3.92. The molecule has 0 aromatic heterocycles. The lowest BCUT2D eigenvalue weighted by atomic mass is 9.99. The van der Waals surface area contributed by atoms with Crippen molar-refractivity contribution in [1.29, 1.82) is 0 Å². The van der Waals surface area contributed by atoms with Crippen LogP contribution in [0.3, 0.4) is 0 Å². The predicted molar refractivity (Wildman–Crippen MR) is 95.3 cm³/mol. The zero-order chi connectivity index (χ0) is 19.8. The van der Waals surface area contributed by atoms with Gasteiger partial charge in [0.25, 0.3) is 0 Å². The van der Waals surface area contributed by atoms with Gasteiger partial charge >= 0.3 is 6.18 Å². The third-order valence-corrected chi connectivity index (χ3v) is 4.77.